The third kappa shape index (κ3) is 2.79. The number of aromatic nitrogens is 2. The lowest BCUT2D eigenvalue weighted by atomic mass is 10.2. The van der Waals surface area contributed by atoms with Gasteiger partial charge >= 0.3 is 0 Å². The third-order valence-corrected chi connectivity index (χ3v) is 3.51. The van der Waals surface area contributed by atoms with Crippen LogP contribution in [0.15, 0.2) is 12.3 Å². The first-order valence-corrected chi connectivity index (χ1v) is 6.62. The van der Waals surface area contributed by atoms with Gasteiger partial charge in [-0.15, -0.1) is 0 Å². The summed E-state index contributed by atoms with van der Waals surface area (Å²) in [5.74, 6) is 2.10. The summed E-state index contributed by atoms with van der Waals surface area (Å²) < 4.78 is 2.09. The molecule has 17 heavy (non-hydrogen) atoms. The first-order chi connectivity index (χ1) is 8.43. The average molecular weight is 235 g/mol. The lowest BCUT2D eigenvalue weighted by Gasteiger charge is -2.28. The van der Waals surface area contributed by atoms with Crippen LogP contribution in [0.25, 0.3) is 0 Å². The van der Waals surface area contributed by atoms with Crippen molar-refractivity contribution in [2.45, 2.75) is 18.9 Å². The van der Waals surface area contributed by atoms with E-state index in [4.69, 9.17) is 0 Å². The van der Waals surface area contributed by atoms with Crippen molar-refractivity contribution >= 4 is 5.82 Å². The standard InChI is InChI=1S/C12H21N5/c1-2-10(1)7-13-5-6-15-12-3-4-16-17(12)11-8-14-9-11/h3-4,10-11,13-15H,1-2,5-9H2. The number of hydrogen-bond donors (Lipinski definition) is 3. The maximum absolute atomic E-state index is 4.37. The van der Waals surface area contributed by atoms with Gasteiger partial charge in [0.05, 0.1) is 12.2 Å². The number of nitrogens with one attached hydrogen (secondary N) is 3. The Kier molecular flexibility index (Phi) is 3.29. The molecule has 2 heterocycles. The molecule has 0 radical (unpaired) electrons. The fraction of sp³-hybridized carbons (Fsp3) is 0.750. The van der Waals surface area contributed by atoms with Gasteiger partial charge in [-0.2, -0.15) is 5.10 Å². The molecule has 3 N–H and O–H groups in total. The van der Waals surface area contributed by atoms with Crippen molar-refractivity contribution in [3.63, 3.8) is 0 Å². The summed E-state index contributed by atoms with van der Waals surface area (Å²) in [6, 6.07) is 2.59. The van der Waals surface area contributed by atoms with Crippen LogP contribution in [0.5, 0.6) is 0 Å². The topological polar surface area (TPSA) is 53.9 Å². The van der Waals surface area contributed by atoms with Gasteiger partial charge in [-0.1, -0.05) is 0 Å². The second kappa shape index (κ2) is 5.06. The molecule has 1 saturated heterocycles. The SMILES string of the molecule is c1cc(NCCNCC2CC2)n(C2CNC2)n1. The van der Waals surface area contributed by atoms with Gasteiger partial charge in [-0.3, -0.25) is 0 Å². The zero-order valence-corrected chi connectivity index (χ0v) is 10.2. The molecule has 0 unspecified atom stereocenters. The summed E-state index contributed by atoms with van der Waals surface area (Å²) in [6.07, 6.45) is 4.71. The molecule has 1 aromatic heterocycles. The zero-order valence-electron chi connectivity index (χ0n) is 10.2. The highest BCUT2D eigenvalue weighted by Crippen LogP contribution is 2.27. The van der Waals surface area contributed by atoms with Crippen molar-refractivity contribution in [1.29, 1.82) is 0 Å². The largest absolute Gasteiger partial charge is 0.369 e. The van der Waals surface area contributed by atoms with Crippen molar-refractivity contribution < 1.29 is 0 Å². The molecule has 0 bridgehead atoms. The van der Waals surface area contributed by atoms with E-state index >= 15 is 0 Å². The number of nitrogens with zero attached hydrogens (tertiary/aromatic N) is 2. The fourth-order valence-corrected chi connectivity index (χ4v) is 2.10. The Hall–Kier alpha value is -1.07. The maximum atomic E-state index is 4.37. The van der Waals surface area contributed by atoms with Gasteiger partial charge in [0.15, 0.2) is 0 Å². The molecule has 5 nitrogen and oxygen atoms in total. The molecule has 1 saturated carbocycles. The van der Waals surface area contributed by atoms with E-state index in [0.717, 1.165) is 37.9 Å². The van der Waals surface area contributed by atoms with Crippen molar-refractivity contribution in [3.05, 3.63) is 12.3 Å². The summed E-state index contributed by atoms with van der Waals surface area (Å²) in [4.78, 5) is 0. The second-order valence-corrected chi connectivity index (χ2v) is 5.05. The molecule has 0 amide bonds. The first-order valence-electron chi connectivity index (χ1n) is 6.62. The number of rotatable bonds is 7. The molecule has 5 heteroatoms. The van der Waals surface area contributed by atoms with Crippen molar-refractivity contribution in [1.82, 2.24) is 20.4 Å². The van der Waals surface area contributed by atoms with Crippen molar-refractivity contribution in [3.8, 4) is 0 Å². The maximum Gasteiger partial charge on any atom is 0.124 e. The van der Waals surface area contributed by atoms with E-state index in [-0.39, 0.29) is 0 Å². The van der Waals surface area contributed by atoms with Gasteiger partial charge in [0, 0.05) is 32.2 Å². The highest BCUT2D eigenvalue weighted by Gasteiger charge is 2.21. The molecule has 0 aromatic carbocycles. The summed E-state index contributed by atoms with van der Waals surface area (Å²) in [7, 11) is 0. The van der Waals surface area contributed by atoms with Gasteiger partial charge in [0.1, 0.15) is 5.82 Å². The zero-order chi connectivity index (χ0) is 11.5. The monoisotopic (exact) mass is 235 g/mol. The molecule has 2 aliphatic rings. The molecular formula is C12H21N5. The number of anilines is 1. The van der Waals surface area contributed by atoms with Crippen LogP contribution in [-0.2, 0) is 0 Å². The first kappa shape index (κ1) is 11.0. The summed E-state index contributed by atoms with van der Waals surface area (Å²) in [5, 5.41) is 14.6. The Bertz CT molecular complexity index is 354. The molecule has 1 aliphatic carbocycles. The highest BCUT2D eigenvalue weighted by atomic mass is 15.4. The molecule has 0 atom stereocenters. The average Bonchev–Trinajstić information content (AvgIpc) is 2.97. The smallest absolute Gasteiger partial charge is 0.124 e. The van der Waals surface area contributed by atoms with E-state index in [1.54, 1.807) is 0 Å². The molecule has 1 aliphatic heterocycles. The summed E-state index contributed by atoms with van der Waals surface area (Å²) >= 11 is 0. The van der Waals surface area contributed by atoms with E-state index in [9.17, 15) is 0 Å². The number of hydrogen-bond acceptors (Lipinski definition) is 4. The minimum atomic E-state index is 0.534. The lowest BCUT2D eigenvalue weighted by Crippen LogP contribution is -2.44. The van der Waals surface area contributed by atoms with E-state index in [2.05, 4.69) is 31.8 Å². The van der Waals surface area contributed by atoms with Gasteiger partial charge < -0.3 is 16.0 Å². The van der Waals surface area contributed by atoms with Crippen LogP contribution in [-0.4, -0.2) is 42.5 Å². The normalized spacial score (nSPS) is 20.2. The van der Waals surface area contributed by atoms with E-state index in [1.165, 1.54) is 19.4 Å². The van der Waals surface area contributed by atoms with Crippen LogP contribution in [0, 0.1) is 5.92 Å². The molecule has 0 spiro atoms. The Morgan fingerprint density at radius 1 is 1.35 bits per heavy atom. The predicted molar refractivity (Wildman–Crippen MR) is 68.2 cm³/mol. The fourth-order valence-electron chi connectivity index (χ4n) is 2.10. The van der Waals surface area contributed by atoms with E-state index in [0.29, 0.717) is 6.04 Å². The van der Waals surface area contributed by atoms with Crippen LogP contribution >= 0.6 is 0 Å². The lowest BCUT2D eigenvalue weighted by molar-refractivity contribution is 0.321. The Morgan fingerprint density at radius 2 is 2.24 bits per heavy atom. The van der Waals surface area contributed by atoms with Gasteiger partial charge in [0.2, 0.25) is 0 Å². The van der Waals surface area contributed by atoms with E-state index in [1.807, 2.05) is 6.20 Å². The van der Waals surface area contributed by atoms with Crippen LogP contribution in [0.4, 0.5) is 5.82 Å². The Morgan fingerprint density at radius 3 is 2.94 bits per heavy atom. The van der Waals surface area contributed by atoms with Crippen LogP contribution in [0.1, 0.15) is 18.9 Å². The molecule has 3 rings (SSSR count). The molecular weight excluding hydrogens is 214 g/mol. The molecule has 94 valence electrons. The Labute approximate surface area is 102 Å². The van der Waals surface area contributed by atoms with Crippen LogP contribution in [0.3, 0.4) is 0 Å². The minimum Gasteiger partial charge on any atom is -0.369 e. The van der Waals surface area contributed by atoms with Gasteiger partial charge in [0.25, 0.3) is 0 Å². The van der Waals surface area contributed by atoms with Crippen molar-refractivity contribution in [2.24, 2.45) is 5.92 Å². The third-order valence-electron chi connectivity index (χ3n) is 3.51. The Balaban J connectivity index is 1.39. The predicted octanol–water partition coefficient (Wildman–Crippen LogP) is 0.439. The van der Waals surface area contributed by atoms with Crippen molar-refractivity contribution in [2.75, 3.05) is 38.0 Å². The van der Waals surface area contributed by atoms with Crippen LogP contribution in [0.2, 0.25) is 0 Å². The quantitative estimate of drug-likeness (QED) is 0.600. The molecule has 1 aromatic rings. The van der Waals surface area contributed by atoms with Crippen LogP contribution < -0.4 is 16.0 Å². The van der Waals surface area contributed by atoms with Gasteiger partial charge in [-0.25, -0.2) is 4.68 Å². The minimum absolute atomic E-state index is 0.534. The molecule has 2 fully saturated rings. The highest BCUT2D eigenvalue weighted by molar-refractivity contribution is 5.34. The summed E-state index contributed by atoms with van der Waals surface area (Å²) in [6.45, 7) is 5.27. The second-order valence-electron chi connectivity index (χ2n) is 5.05. The van der Waals surface area contributed by atoms with E-state index < -0.39 is 0 Å². The van der Waals surface area contributed by atoms with Gasteiger partial charge in [-0.05, 0) is 25.3 Å². The summed E-state index contributed by atoms with van der Waals surface area (Å²) in [5.41, 5.74) is 0.